The molecule has 0 heterocycles. The van der Waals surface area contributed by atoms with Crippen molar-refractivity contribution in [1.82, 2.24) is 0 Å². The first-order chi connectivity index (χ1) is 17.0. The Morgan fingerprint density at radius 2 is 1.68 bits per heavy atom. The van der Waals surface area contributed by atoms with Gasteiger partial charge in [0.2, 0.25) is 0 Å². The molecule has 4 rings (SSSR count). The van der Waals surface area contributed by atoms with E-state index in [0.29, 0.717) is 24.3 Å². The number of phenols is 1. The smallest absolute Gasteiger partial charge is 0.190 e. The number of hydrogen-bond acceptors (Lipinski definition) is 7. The van der Waals surface area contributed by atoms with Crippen LogP contribution in [0, 0.1) is 40.4 Å². The topological polar surface area (TPSA) is 126 Å². The molecule has 0 bridgehead atoms. The Hall–Kier alpha value is -2.67. The van der Waals surface area contributed by atoms with E-state index in [2.05, 4.69) is 13.8 Å². The summed E-state index contributed by atoms with van der Waals surface area (Å²) < 4.78 is 0. The first-order valence-corrected chi connectivity index (χ1v) is 13.3. The van der Waals surface area contributed by atoms with E-state index >= 15 is 0 Å². The summed E-state index contributed by atoms with van der Waals surface area (Å²) in [5, 5.41) is 22.7. The maximum atomic E-state index is 14.2. The van der Waals surface area contributed by atoms with Crippen LogP contribution in [0.3, 0.4) is 0 Å². The fourth-order valence-corrected chi connectivity index (χ4v) is 7.88. The summed E-state index contributed by atoms with van der Waals surface area (Å²) in [7, 11) is 0. The number of Topliss-reactive ketones (excluding diaryl/α,β-unsaturated/α-hetero) is 5. The summed E-state index contributed by atoms with van der Waals surface area (Å²) in [6.07, 6.45) is 1.95. The quantitative estimate of drug-likeness (QED) is 0.579. The van der Waals surface area contributed by atoms with Gasteiger partial charge in [-0.25, -0.2) is 0 Å². The van der Waals surface area contributed by atoms with Crippen molar-refractivity contribution in [3.63, 3.8) is 0 Å². The second-order valence-corrected chi connectivity index (χ2v) is 12.9. The Morgan fingerprint density at radius 1 is 1.05 bits per heavy atom. The van der Waals surface area contributed by atoms with Crippen LogP contribution in [0.15, 0.2) is 12.1 Å². The fourth-order valence-electron chi connectivity index (χ4n) is 7.88. The van der Waals surface area contributed by atoms with Crippen LogP contribution in [-0.4, -0.2) is 44.7 Å². The lowest BCUT2D eigenvalue weighted by Gasteiger charge is -2.61. The van der Waals surface area contributed by atoms with Gasteiger partial charge < -0.3 is 10.2 Å². The summed E-state index contributed by atoms with van der Waals surface area (Å²) >= 11 is 0. The van der Waals surface area contributed by atoms with E-state index in [-0.39, 0.29) is 23.7 Å². The maximum Gasteiger partial charge on any atom is 0.190 e. The number of benzene rings is 1. The van der Waals surface area contributed by atoms with Gasteiger partial charge in [0.15, 0.2) is 28.7 Å². The van der Waals surface area contributed by atoms with Crippen LogP contribution >= 0.6 is 0 Å². The number of phenolic OH excluding ortho intramolecular Hbond substituents is 1. The predicted molar refractivity (Wildman–Crippen MR) is 136 cm³/mol. The number of rotatable bonds is 5. The van der Waals surface area contributed by atoms with E-state index in [9.17, 15) is 34.2 Å². The molecule has 0 saturated heterocycles. The van der Waals surface area contributed by atoms with E-state index in [1.165, 1.54) is 6.07 Å². The normalized spacial score (nSPS) is 35.5. The van der Waals surface area contributed by atoms with Crippen LogP contribution in [0.1, 0.15) is 82.8 Å². The van der Waals surface area contributed by atoms with Gasteiger partial charge in [-0.15, -0.1) is 0 Å². The lowest BCUT2D eigenvalue weighted by Crippen LogP contribution is -2.76. The van der Waals surface area contributed by atoms with Crippen molar-refractivity contribution in [3.05, 3.63) is 28.8 Å². The van der Waals surface area contributed by atoms with Crippen LogP contribution in [0.4, 0.5) is 0 Å². The van der Waals surface area contributed by atoms with Gasteiger partial charge >= 0.3 is 0 Å². The van der Waals surface area contributed by atoms with Gasteiger partial charge in [0.25, 0.3) is 0 Å². The van der Waals surface area contributed by atoms with E-state index in [1.807, 2.05) is 6.07 Å². The van der Waals surface area contributed by atoms with Crippen LogP contribution in [-0.2, 0) is 32.0 Å². The summed E-state index contributed by atoms with van der Waals surface area (Å²) in [5.41, 5.74) is -3.43. The van der Waals surface area contributed by atoms with Crippen molar-refractivity contribution in [2.75, 3.05) is 0 Å². The number of fused-ring (bicyclic) bond motifs is 3. The molecule has 3 unspecified atom stereocenters. The van der Waals surface area contributed by atoms with E-state index in [4.69, 9.17) is 0 Å². The van der Waals surface area contributed by atoms with E-state index in [1.54, 1.807) is 27.7 Å². The lowest BCUT2D eigenvalue weighted by molar-refractivity contribution is -0.205. The molecule has 0 amide bonds. The predicted octanol–water partition coefficient (Wildman–Crippen LogP) is 3.68. The summed E-state index contributed by atoms with van der Waals surface area (Å²) in [5.74, 6) is -8.16. The van der Waals surface area contributed by atoms with Gasteiger partial charge in [-0.1, -0.05) is 47.6 Å². The third-order valence-electron chi connectivity index (χ3n) is 9.35. The number of aliphatic hydroxyl groups is 1. The zero-order chi connectivity index (χ0) is 27.8. The largest absolute Gasteiger partial charge is 0.507 e. The molecule has 0 aromatic heterocycles. The Bertz CT molecular complexity index is 1230. The molecule has 6 atom stereocenters. The van der Waals surface area contributed by atoms with Crippen molar-refractivity contribution < 1.29 is 34.2 Å². The third kappa shape index (κ3) is 3.60. The summed E-state index contributed by atoms with van der Waals surface area (Å²) in [6, 6.07) is 3.28. The van der Waals surface area contributed by atoms with Gasteiger partial charge in [0.05, 0.1) is 11.5 Å². The molecule has 7 heteroatoms. The zero-order valence-electron chi connectivity index (χ0n) is 22.8. The molecular weight excluding hydrogens is 472 g/mol. The minimum absolute atomic E-state index is 0.0717. The van der Waals surface area contributed by atoms with Gasteiger partial charge in [0, 0.05) is 11.3 Å². The molecule has 200 valence electrons. The molecular formula is C30H38O7. The molecule has 2 N–H and O–H groups in total. The highest BCUT2D eigenvalue weighted by atomic mass is 16.3. The van der Waals surface area contributed by atoms with Gasteiger partial charge in [-0.05, 0) is 67.1 Å². The monoisotopic (exact) mass is 510 g/mol. The van der Waals surface area contributed by atoms with Crippen molar-refractivity contribution >= 4 is 28.9 Å². The van der Waals surface area contributed by atoms with Crippen LogP contribution in [0.25, 0.3) is 0 Å². The van der Waals surface area contributed by atoms with Crippen molar-refractivity contribution in [1.29, 1.82) is 0 Å². The highest BCUT2D eigenvalue weighted by Crippen LogP contribution is 2.63. The molecule has 37 heavy (non-hydrogen) atoms. The van der Waals surface area contributed by atoms with E-state index < -0.39 is 63.1 Å². The maximum absolute atomic E-state index is 14.2. The van der Waals surface area contributed by atoms with Crippen molar-refractivity contribution in [2.24, 2.45) is 40.4 Å². The van der Waals surface area contributed by atoms with Crippen LogP contribution in [0.5, 0.6) is 5.75 Å². The van der Waals surface area contributed by atoms with Crippen molar-refractivity contribution in [2.45, 2.75) is 79.8 Å². The molecule has 3 aliphatic carbocycles. The highest BCUT2D eigenvalue weighted by molar-refractivity contribution is 6.32. The summed E-state index contributed by atoms with van der Waals surface area (Å²) in [4.78, 5) is 67.8. The Morgan fingerprint density at radius 3 is 2.22 bits per heavy atom. The number of carbonyl (C=O) groups is 5. The SMILES string of the molecule is CC(=O)C1C(=O)C(C(C)C)[C@@]2(C)C[C@@]3(C)Cc4c(CCC(C)C)ccc(O)c4C(=O)C3C(=O)[C@@]2(O)C1=O. The molecule has 0 radical (unpaired) electrons. The van der Waals surface area contributed by atoms with Gasteiger partial charge in [-0.3, -0.25) is 24.0 Å². The molecule has 2 saturated carbocycles. The molecule has 7 nitrogen and oxygen atoms in total. The number of aromatic hydroxyl groups is 1. The molecule has 1 aromatic rings. The Labute approximate surface area is 218 Å². The Kier molecular flexibility index (Phi) is 6.42. The first kappa shape index (κ1) is 27.4. The lowest BCUT2D eigenvalue weighted by atomic mass is 9.40. The van der Waals surface area contributed by atoms with E-state index in [0.717, 1.165) is 18.9 Å². The number of ketones is 5. The average molecular weight is 511 g/mol. The first-order valence-electron chi connectivity index (χ1n) is 13.3. The molecule has 1 aromatic carbocycles. The molecule has 0 aliphatic heterocycles. The van der Waals surface area contributed by atoms with Crippen molar-refractivity contribution in [3.8, 4) is 5.75 Å². The highest BCUT2D eigenvalue weighted by Gasteiger charge is 2.76. The number of hydrogen-bond donors (Lipinski definition) is 2. The molecule has 3 aliphatic rings. The third-order valence-corrected chi connectivity index (χ3v) is 9.35. The summed E-state index contributed by atoms with van der Waals surface area (Å²) in [6.45, 7) is 12.3. The standard InChI is InChI=1S/C30H38O7/c1-14(2)8-9-17-10-11-19(32)21-18(17)12-28(6)13-29(7)22(15(3)4)24(33)20(16(5)31)26(35)30(29,37)27(36)23(28)25(21)34/h10-11,14-15,20,22-23,32,37H,8-9,12-13H2,1-7H3/t20?,22?,23?,28-,29-,30+/m1/s1. The number of carbonyl (C=O) groups excluding carboxylic acids is 5. The average Bonchev–Trinajstić information content (AvgIpc) is 2.75. The van der Waals surface area contributed by atoms with Gasteiger partial charge in [-0.2, -0.15) is 0 Å². The number of aryl methyl sites for hydroxylation is 1. The van der Waals surface area contributed by atoms with Crippen LogP contribution in [0.2, 0.25) is 0 Å². The molecule has 0 spiro atoms. The second kappa shape index (κ2) is 8.69. The Balaban J connectivity index is 1.94. The van der Waals surface area contributed by atoms with Gasteiger partial charge in [0.1, 0.15) is 17.5 Å². The molecule has 2 fully saturated rings. The fraction of sp³-hybridized carbons (Fsp3) is 0.633. The zero-order valence-corrected chi connectivity index (χ0v) is 22.8. The second-order valence-electron chi connectivity index (χ2n) is 12.9. The minimum Gasteiger partial charge on any atom is -0.507 e. The minimum atomic E-state index is -2.66. The van der Waals surface area contributed by atoms with Crippen LogP contribution < -0.4 is 0 Å².